The van der Waals surface area contributed by atoms with Gasteiger partial charge in [0.15, 0.2) is 11.9 Å². The van der Waals surface area contributed by atoms with Gasteiger partial charge in [-0.3, -0.25) is 29.2 Å². The van der Waals surface area contributed by atoms with Crippen molar-refractivity contribution < 1.29 is 29.1 Å². The molecule has 0 aliphatic rings. The van der Waals surface area contributed by atoms with Crippen LogP contribution in [-0.4, -0.2) is 102 Å². The second-order valence-electron chi connectivity index (χ2n) is 12.2. The van der Waals surface area contributed by atoms with Gasteiger partial charge in [-0.15, -0.1) is 0 Å². The summed E-state index contributed by atoms with van der Waals surface area (Å²) in [7, 11) is 0. The Kier molecular flexibility index (Phi) is 20.6. The van der Waals surface area contributed by atoms with Crippen LogP contribution in [0.15, 0.2) is 40.3 Å². The van der Waals surface area contributed by atoms with Gasteiger partial charge in [0.05, 0.1) is 6.04 Å². The molecule has 0 aliphatic carbocycles. The molecule has 0 bridgehead atoms. The maximum atomic E-state index is 13.7. The average Bonchev–Trinajstić information content (AvgIpc) is 3.05. The molecule has 0 heterocycles. The van der Waals surface area contributed by atoms with Crippen molar-refractivity contribution in [2.45, 2.75) is 89.0 Å². The number of hydrogen-bond donors (Lipinski definition) is 10. The zero-order valence-corrected chi connectivity index (χ0v) is 29.9. The topological polar surface area (TPSA) is 309 Å². The van der Waals surface area contributed by atoms with Gasteiger partial charge in [0.25, 0.3) is 0 Å². The molecule has 15 N–H and O–H groups in total. The van der Waals surface area contributed by atoms with Crippen LogP contribution in [0.25, 0.3) is 0 Å². The highest BCUT2D eigenvalue weighted by Crippen LogP contribution is 2.10. The van der Waals surface area contributed by atoms with Crippen LogP contribution in [0, 0.1) is 5.92 Å². The predicted molar refractivity (Wildman–Crippen MR) is 196 cm³/mol. The summed E-state index contributed by atoms with van der Waals surface area (Å²) in [6.45, 7) is 4.18. The first-order valence-electron chi connectivity index (χ1n) is 16.5. The number of aliphatic carboxylic acids is 1. The summed E-state index contributed by atoms with van der Waals surface area (Å²) in [5.41, 5.74) is 28.2. The normalized spacial score (nSPS) is 13.9. The maximum absolute atomic E-state index is 13.7. The lowest BCUT2D eigenvalue weighted by Crippen LogP contribution is -2.58. The van der Waals surface area contributed by atoms with E-state index < -0.39 is 59.8 Å². The minimum atomic E-state index is -1.27. The third kappa shape index (κ3) is 18.3. The van der Waals surface area contributed by atoms with E-state index in [1.54, 1.807) is 30.3 Å². The lowest BCUT2D eigenvalue weighted by Gasteiger charge is -2.27. The summed E-state index contributed by atoms with van der Waals surface area (Å²) in [5, 5.41) is 20.5. The van der Waals surface area contributed by atoms with Crippen molar-refractivity contribution >= 4 is 53.3 Å². The fourth-order valence-corrected chi connectivity index (χ4v) is 5.25. The van der Waals surface area contributed by atoms with Crippen LogP contribution in [0.5, 0.6) is 0 Å². The van der Waals surface area contributed by atoms with Crippen molar-refractivity contribution in [3.8, 4) is 0 Å². The van der Waals surface area contributed by atoms with E-state index in [9.17, 15) is 29.1 Å². The van der Waals surface area contributed by atoms with Crippen LogP contribution in [-0.2, 0) is 30.4 Å². The van der Waals surface area contributed by atoms with Gasteiger partial charge in [-0.1, -0.05) is 44.2 Å². The molecule has 0 fully saturated rings. The molecule has 18 heteroatoms. The molecule has 0 aliphatic heterocycles. The number of nitrogens with zero attached hydrogens (tertiary/aromatic N) is 2. The van der Waals surface area contributed by atoms with Crippen LogP contribution in [0.4, 0.5) is 0 Å². The van der Waals surface area contributed by atoms with Crippen LogP contribution in [0.3, 0.4) is 0 Å². The fraction of sp³-hybridized carbons (Fsp3) is 0.594. The molecule has 1 rings (SSSR count). The zero-order chi connectivity index (χ0) is 37.6. The summed E-state index contributed by atoms with van der Waals surface area (Å²) in [4.78, 5) is 73.5. The van der Waals surface area contributed by atoms with Crippen LogP contribution in [0.1, 0.15) is 57.9 Å². The van der Waals surface area contributed by atoms with Gasteiger partial charge >= 0.3 is 5.97 Å². The van der Waals surface area contributed by atoms with E-state index in [-0.39, 0.29) is 62.9 Å². The molecule has 1 aromatic rings. The molecule has 1 aromatic carbocycles. The number of rotatable bonds is 24. The van der Waals surface area contributed by atoms with Gasteiger partial charge in [-0.2, -0.15) is 11.8 Å². The summed E-state index contributed by atoms with van der Waals surface area (Å²) in [6, 6.07) is 3.35. The van der Waals surface area contributed by atoms with E-state index >= 15 is 0 Å². The number of aliphatic imine (C=N–C) groups is 2. The number of carboxylic acids is 1. The molecule has 4 amide bonds. The van der Waals surface area contributed by atoms with Crippen molar-refractivity contribution in [1.82, 2.24) is 21.3 Å². The molecule has 0 aromatic heterocycles. The first-order valence-corrected chi connectivity index (χ1v) is 17.9. The van der Waals surface area contributed by atoms with Crippen molar-refractivity contribution in [2.24, 2.45) is 44.6 Å². The number of amides is 4. The van der Waals surface area contributed by atoms with E-state index in [0.717, 1.165) is 0 Å². The summed E-state index contributed by atoms with van der Waals surface area (Å²) < 4.78 is 0. The van der Waals surface area contributed by atoms with Crippen molar-refractivity contribution in [3.63, 3.8) is 0 Å². The maximum Gasteiger partial charge on any atom is 0.326 e. The lowest BCUT2D eigenvalue weighted by molar-refractivity contribution is -0.142. The first kappa shape index (κ1) is 43.4. The number of benzene rings is 1. The molecule has 17 nitrogen and oxygen atoms in total. The summed E-state index contributed by atoms with van der Waals surface area (Å²) >= 11 is 1.48. The third-order valence-electron chi connectivity index (χ3n) is 7.36. The fourth-order valence-electron chi connectivity index (χ4n) is 4.78. The average molecular weight is 722 g/mol. The lowest BCUT2D eigenvalue weighted by atomic mass is 10.0. The van der Waals surface area contributed by atoms with E-state index in [1.807, 2.05) is 20.1 Å². The SMILES string of the molecule is CSCC[C@H](NC(=O)[C@@H](N)CCCN=C(N)N)C(=O)N[C@@H](CC(C)C)C(=O)N[C@@H](CCCN=C(N)N)C(=O)N[C@@H](Cc1ccccc1)C(=O)O. The predicted octanol–water partition coefficient (Wildman–Crippen LogP) is -1.51. The monoisotopic (exact) mass is 721 g/mol. The second kappa shape index (κ2) is 23.7. The minimum Gasteiger partial charge on any atom is -0.480 e. The van der Waals surface area contributed by atoms with Gasteiger partial charge < -0.3 is 55.0 Å². The Morgan fingerprint density at radius 2 is 1.20 bits per heavy atom. The first-order chi connectivity index (χ1) is 23.6. The Labute approximate surface area is 297 Å². The third-order valence-corrected chi connectivity index (χ3v) is 8.01. The Morgan fingerprint density at radius 1 is 0.720 bits per heavy atom. The number of guanidine groups is 2. The molecule has 0 saturated heterocycles. The number of thioether (sulfide) groups is 1. The van der Waals surface area contributed by atoms with Crippen LogP contribution < -0.4 is 49.9 Å². The second-order valence-corrected chi connectivity index (χ2v) is 13.2. The number of hydrogen-bond acceptors (Lipinski definition) is 9. The molecular formula is C32H55N11O6S. The molecule has 0 saturated carbocycles. The van der Waals surface area contributed by atoms with Gasteiger partial charge in [0.1, 0.15) is 24.2 Å². The number of carboxylic acid groups (broad SMARTS) is 1. The summed E-state index contributed by atoms with van der Waals surface area (Å²) in [5.74, 6) is -3.49. The molecule has 280 valence electrons. The van der Waals surface area contributed by atoms with E-state index in [2.05, 4.69) is 31.3 Å². The zero-order valence-electron chi connectivity index (χ0n) is 29.1. The molecule has 5 atom stereocenters. The number of carbonyl (C=O) groups excluding carboxylic acids is 4. The van der Waals surface area contributed by atoms with Crippen LogP contribution >= 0.6 is 11.8 Å². The summed E-state index contributed by atoms with van der Waals surface area (Å²) in [6.07, 6.45) is 3.43. The standard InChI is InChI=1S/C32H55N11O6S/c1-19(2)17-24(42-28(46)23(13-16-50-3)40-26(44)21(33)11-7-14-38-31(34)35)29(47)41-22(12-8-15-39-32(36)37)27(45)43-25(30(48)49)18-20-9-5-4-6-10-20/h4-6,9-10,19,21-25H,7-8,11-18,33H2,1-3H3,(H,40,44)(H,41,47)(H,42,46)(H,43,45)(H,48,49)(H4,34,35,38)(H4,36,37,39)/t21-,22-,23-,24-,25-/m0/s1. The highest BCUT2D eigenvalue weighted by Gasteiger charge is 2.32. The quantitative estimate of drug-likeness (QED) is 0.0331. The van der Waals surface area contributed by atoms with Crippen LogP contribution in [0.2, 0.25) is 0 Å². The molecule has 0 spiro atoms. The molecular weight excluding hydrogens is 666 g/mol. The van der Waals surface area contributed by atoms with Crippen molar-refractivity contribution in [1.29, 1.82) is 0 Å². The molecule has 50 heavy (non-hydrogen) atoms. The molecule has 0 unspecified atom stereocenters. The van der Waals surface area contributed by atoms with Crippen molar-refractivity contribution in [3.05, 3.63) is 35.9 Å². The number of nitrogens with one attached hydrogen (secondary N) is 4. The van der Waals surface area contributed by atoms with E-state index in [0.29, 0.717) is 24.3 Å². The van der Waals surface area contributed by atoms with Crippen molar-refractivity contribution in [2.75, 3.05) is 25.1 Å². The minimum absolute atomic E-state index is 0.0195. The Hall–Kier alpha value is -4.58. The van der Waals surface area contributed by atoms with E-state index in [4.69, 9.17) is 28.7 Å². The smallest absolute Gasteiger partial charge is 0.326 e. The highest BCUT2D eigenvalue weighted by atomic mass is 32.2. The highest BCUT2D eigenvalue weighted by molar-refractivity contribution is 7.98. The number of carbonyl (C=O) groups is 5. The van der Waals surface area contributed by atoms with Gasteiger partial charge in [-0.05, 0) is 62.0 Å². The Bertz CT molecular complexity index is 1290. The molecule has 0 radical (unpaired) electrons. The van der Waals surface area contributed by atoms with E-state index in [1.165, 1.54) is 11.8 Å². The Morgan fingerprint density at radius 3 is 1.72 bits per heavy atom. The van der Waals surface area contributed by atoms with Gasteiger partial charge in [0, 0.05) is 19.5 Å². The van der Waals surface area contributed by atoms with Gasteiger partial charge in [0.2, 0.25) is 23.6 Å². The number of nitrogens with two attached hydrogens (primary N) is 5. The largest absolute Gasteiger partial charge is 0.480 e. The van der Waals surface area contributed by atoms with Gasteiger partial charge in [-0.25, -0.2) is 4.79 Å². The Balaban J connectivity index is 3.15.